The van der Waals surface area contributed by atoms with E-state index in [0.717, 1.165) is 5.56 Å². The average Bonchev–Trinajstić information content (AvgIpc) is 2.48. The summed E-state index contributed by atoms with van der Waals surface area (Å²) in [5.41, 5.74) is 1.28. The molecule has 21 heavy (non-hydrogen) atoms. The van der Waals surface area contributed by atoms with Gasteiger partial charge in [-0.3, -0.25) is 4.79 Å². The molecule has 4 heteroatoms. The molecule has 0 heterocycles. The van der Waals surface area contributed by atoms with E-state index in [2.05, 4.69) is 35.1 Å². The molecule has 0 spiro atoms. The number of halogens is 2. The van der Waals surface area contributed by atoms with Gasteiger partial charge >= 0.3 is 0 Å². The van der Waals surface area contributed by atoms with Crippen LogP contribution >= 0.6 is 15.9 Å². The number of nitrogens with one attached hydrogen (secondary N) is 1. The first-order valence-corrected chi connectivity index (χ1v) is 7.48. The summed E-state index contributed by atoms with van der Waals surface area (Å²) in [6.07, 6.45) is 0. The smallest absolute Gasteiger partial charge is 0.251 e. The van der Waals surface area contributed by atoms with E-state index in [1.54, 1.807) is 6.07 Å². The summed E-state index contributed by atoms with van der Waals surface area (Å²) in [6, 6.07) is 14.3. The van der Waals surface area contributed by atoms with Gasteiger partial charge in [0.2, 0.25) is 0 Å². The van der Waals surface area contributed by atoms with Crippen molar-refractivity contribution in [3.8, 4) is 0 Å². The molecule has 2 nitrogen and oxygen atoms in total. The number of amides is 1. The van der Waals surface area contributed by atoms with Crippen molar-refractivity contribution in [3.63, 3.8) is 0 Å². The van der Waals surface area contributed by atoms with Crippen molar-refractivity contribution in [2.24, 2.45) is 0 Å². The Labute approximate surface area is 132 Å². The summed E-state index contributed by atoms with van der Waals surface area (Å²) in [5.74, 6) is -0.713. The minimum Gasteiger partial charge on any atom is -0.351 e. The Hall–Kier alpha value is -1.68. The van der Waals surface area contributed by atoms with Gasteiger partial charge in [0.15, 0.2) is 0 Å². The van der Waals surface area contributed by atoms with Crippen LogP contribution < -0.4 is 5.32 Å². The zero-order valence-electron chi connectivity index (χ0n) is 12.0. The summed E-state index contributed by atoms with van der Waals surface area (Å²) in [4.78, 5) is 12.1. The average molecular weight is 350 g/mol. The zero-order valence-corrected chi connectivity index (χ0v) is 13.6. The third-order valence-electron chi connectivity index (χ3n) is 3.43. The van der Waals surface area contributed by atoms with Gasteiger partial charge in [-0.2, -0.15) is 0 Å². The fourth-order valence-corrected chi connectivity index (χ4v) is 2.28. The van der Waals surface area contributed by atoms with Crippen molar-refractivity contribution >= 4 is 21.8 Å². The number of carbonyl (C=O) groups excluding carboxylic acids is 1. The maximum atomic E-state index is 13.5. The van der Waals surface area contributed by atoms with Crippen molar-refractivity contribution < 1.29 is 9.18 Å². The summed E-state index contributed by atoms with van der Waals surface area (Å²) < 4.78 is 13.8. The van der Waals surface area contributed by atoms with Gasteiger partial charge < -0.3 is 5.32 Å². The lowest BCUT2D eigenvalue weighted by molar-refractivity contribution is 0.0945. The van der Waals surface area contributed by atoms with E-state index >= 15 is 0 Å². The summed E-state index contributed by atoms with van der Waals surface area (Å²) >= 11 is 3.07. The first kappa shape index (κ1) is 15.7. The minimum atomic E-state index is -0.440. The molecule has 0 aromatic heterocycles. The van der Waals surface area contributed by atoms with Crippen molar-refractivity contribution in [1.82, 2.24) is 5.32 Å². The van der Waals surface area contributed by atoms with Gasteiger partial charge in [-0.1, -0.05) is 44.2 Å². The molecule has 0 aliphatic heterocycles. The van der Waals surface area contributed by atoms with E-state index in [9.17, 15) is 9.18 Å². The summed E-state index contributed by atoms with van der Waals surface area (Å²) in [6.45, 7) is 4.60. The third kappa shape index (κ3) is 3.91. The maximum Gasteiger partial charge on any atom is 0.251 e. The fraction of sp³-hybridized carbons (Fsp3) is 0.235. The Morgan fingerprint density at radius 3 is 2.48 bits per heavy atom. The van der Waals surface area contributed by atoms with Crippen LogP contribution in [0.1, 0.15) is 29.8 Å². The lowest BCUT2D eigenvalue weighted by Crippen LogP contribution is -2.36. The van der Waals surface area contributed by atoms with Crippen LogP contribution in [0.5, 0.6) is 0 Å². The van der Waals surface area contributed by atoms with Gasteiger partial charge in [-0.25, -0.2) is 4.39 Å². The molecular weight excluding hydrogens is 333 g/mol. The molecule has 2 rings (SSSR count). The fourth-order valence-electron chi connectivity index (χ4n) is 2.03. The molecule has 0 radical (unpaired) electrons. The van der Waals surface area contributed by atoms with E-state index in [-0.39, 0.29) is 11.3 Å². The van der Waals surface area contributed by atoms with Crippen LogP contribution in [0.4, 0.5) is 4.39 Å². The predicted molar refractivity (Wildman–Crippen MR) is 85.9 cm³/mol. The minimum absolute atomic E-state index is 0.190. The molecule has 0 bridgehead atoms. The first-order chi connectivity index (χ1) is 9.90. The van der Waals surface area contributed by atoms with Crippen LogP contribution in [0.25, 0.3) is 0 Å². The lowest BCUT2D eigenvalue weighted by atomic mass is 9.84. The number of benzene rings is 2. The molecule has 0 unspecified atom stereocenters. The van der Waals surface area contributed by atoms with Crippen LogP contribution in [0.15, 0.2) is 53.0 Å². The Balaban J connectivity index is 2.05. The quantitative estimate of drug-likeness (QED) is 0.875. The Bertz CT molecular complexity index is 640. The summed E-state index contributed by atoms with van der Waals surface area (Å²) in [5, 5.41) is 2.86. The van der Waals surface area contributed by atoms with Crippen LogP contribution in [0, 0.1) is 5.82 Å². The van der Waals surface area contributed by atoms with Crippen LogP contribution in [0.3, 0.4) is 0 Å². The highest BCUT2D eigenvalue weighted by Crippen LogP contribution is 2.22. The van der Waals surface area contributed by atoms with Crippen molar-refractivity contribution in [1.29, 1.82) is 0 Å². The number of rotatable bonds is 4. The molecule has 0 atom stereocenters. The van der Waals surface area contributed by atoms with Gasteiger partial charge in [-0.05, 0) is 39.7 Å². The molecule has 0 aliphatic rings. The number of hydrogen-bond acceptors (Lipinski definition) is 1. The molecule has 1 N–H and O–H groups in total. The van der Waals surface area contributed by atoms with Crippen LogP contribution in [0.2, 0.25) is 0 Å². The molecular formula is C17H17BrFNO. The highest BCUT2D eigenvalue weighted by atomic mass is 79.9. The largest absolute Gasteiger partial charge is 0.351 e. The summed E-state index contributed by atoms with van der Waals surface area (Å²) in [7, 11) is 0. The monoisotopic (exact) mass is 349 g/mol. The lowest BCUT2D eigenvalue weighted by Gasteiger charge is -2.25. The molecule has 0 saturated carbocycles. The molecule has 0 saturated heterocycles. The third-order valence-corrected chi connectivity index (χ3v) is 4.07. The molecule has 2 aromatic rings. The molecule has 0 fully saturated rings. The normalized spacial score (nSPS) is 11.2. The SMILES string of the molecule is CC(C)(CNC(=O)c1ccc(Br)c(F)c1)c1ccccc1. The number of carbonyl (C=O) groups is 1. The maximum absolute atomic E-state index is 13.5. The van der Waals surface area contributed by atoms with Crippen molar-refractivity contribution in [2.45, 2.75) is 19.3 Å². The van der Waals surface area contributed by atoms with Crippen LogP contribution in [-0.4, -0.2) is 12.5 Å². The second kappa shape index (κ2) is 6.39. The van der Waals surface area contributed by atoms with Crippen molar-refractivity contribution in [2.75, 3.05) is 6.54 Å². The Morgan fingerprint density at radius 1 is 1.19 bits per heavy atom. The van der Waals surface area contributed by atoms with Gasteiger partial charge in [0, 0.05) is 17.5 Å². The molecule has 110 valence electrons. The van der Waals surface area contributed by atoms with Gasteiger partial charge in [0.1, 0.15) is 5.82 Å². The standard InChI is InChI=1S/C17H17BrFNO/c1-17(2,13-6-4-3-5-7-13)11-20-16(21)12-8-9-14(18)15(19)10-12/h3-10H,11H2,1-2H3,(H,20,21). The second-order valence-electron chi connectivity index (χ2n) is 5.56. The van der Waals surface area contributed by atoms with Gasteiger partial charge in [-0.15, -0.1) is 0 Å². The van der Waals surface area contributed by atoms with Gasteiger partial charge in [0.25, 0.3) is 5.91 Å². The van der Waals surface area contributed by atoms with Crippen LogP contribution in [-0.2, 0) is 5.41 Å². The highest BCUT2D eigenvalue weighted by Gasteiger charge is 2.21. The topological polar surface area (TPSA) is 29.1 Å². The van der Waals surface area contributed by atoms with Crippen molar-refractivity contribution in [3.05, 3.63) is 69.9 Å². The Morgan fingerprint density at radius 2 is 1.86 bits per heavy atom. The molecule has 1 amide bonds. The van der Waals surface area contributed by atoms with E-state index in [0.29, 0.717) is 16.6 Å². The predicted octanol–water partition coefficient (Wildman–Crippen LogP) is 4.30. The first-order valence-electron chi connectivity index (χ1n) is 6.69. The van der Waals surface area contributed by atoms with Gasteiger partial charge in [0.05, 0.1) is 4.47 Å². The van der Waals surface area contributed by atoms with E-state index in [1.807, 2.05) is 30.3 Å². The van der Waals surface area contributed by atoms with E-state index in [1.165, 1.54) is 12.1 Å². The molecule has 2 aromatic carbocycles. The van der Waals surface area contributed by atoms with E-state index in [4.69, 9.17) is 0 Å². The zero-order chi connectivity index (χ0) is 15.5. The highest BCUT2D eigenvalue weighted by molar-refractivity contribution is 9.10. The second-order valence-corrected chi connectivity index (χ2v) is 6.42. The number of hydrogen-bond donors (Lipinski definition) is 1. The van der Waals surface area contributed by atoms with E-state index < -0.39 is 5.82 Å². The Kier molecular flexibility index (Phi) is 4.78. The molecule has 0 aliphatic carbocycles.